The molecule has 6 atom stereocenters. The highest BCUT2D eigenvalue weighted by atomic mass is 16.7. The number of oxime groups is 1. The number of ether oxygens (including phenoxy) is 4. The zero-order valence-corrected chi connectivity index (χ0v) is 32.4. The molecule has 298 valence electrons. The van der Waals surface area contributed by atoms with Gasteiger partial charge in [0.05, 0.1) is 24.8 Å². The number of benzene rings is 2. The molecular weight excluding hydrogens is 700 g/mol. The van der Waals surface area contributed by atoms with E-state index in [4.69, 9.17) is 28.9 Å². The van der Waals surface area contributed by atoms with Gasteiger partial charge in [-0.05, 0) is 93.2 Å². The minimum atomic E-state index is -1.37. The van der Waals surface area contributed by atoms with Crippen LogP contribution in [0.4, 0.5) is 4.79 Å². The molecule has 2 N–H and O–H groups in total. The van der Waals surface area contributed by atoms with E-state index in [-0.39, 0.29) is 44.2 Å². The summed E-state index contributed by atoms with van der Waals surface area (Å²) in [6.07, 6.45) is 12.2. The summed E-state index contributed by atoms with van der Waals surface area (Å²) in [5.41, 5.74) is 3.13. The van der Waals surface area contributed by atoms with Gasteiger partial charge in [0.15, 0.2) is 0 Å². The van der Waals surface area contributed by atoms with Crippen molar-refractivity contribution in [2.75, 3.05) is 39.6 Å². The Bertz CT molecular complexity index is 1670. The molecule has 1 saturated carbocycles. The number of carbonyl (C=O) groups is 2. The summed E-state index contributed by atoms with van der Waals surface area (Å²) < 4.78 is 26.4. The maximum absolute atomic E-state index is 14.1. The number of aldehydes is 1. The van der Waals surface area contributed by atoms with Gasteiger partial charge in [-0.15, -0.1) is 13.2 Å². The lowest BCUT2D eigenvalue weighted by molar-refractivity contribution is -0.255. The lowest BCUT2D eigenvalue weighted by Crippen LogP contribution is -2.70. The van der Waals surface area contributed by atoms with Crippen molar-refractivity contribution in [3.8, 4) is 17.2 Å². The van der Waals surface area contributed by atoms with Crippen LogP contribution in [0.1, 0.15) is 93.5 Å². The number of rotatable bonds is 22. The van der Waals surface area contributed by atoms with Gasteiger partial charge < -0.3 is 34.0 Å². The minimum Gasteiger partial charge on any atom is -0.459 e. The zero-order chi connectivity index (χ0) is 39.2. The molecule has 55 heavy (non-hydrogen) atoms. The molecule has 2 aromatic rings. The Balaban J connectivity index is 1.76. The normalized spacial score (nSPS) is 24.4. The van der Waals surface area contributed by atoms with Crippen molar-refractivity contribution in [3.05, 3.63) is 90.6 Å². The van der Waals surface area contributed by atoms with E-state index in [1.54, 1.807) is 35.3 Å². The van der Waals surface area contributed by atoms with Crippen molar-refractivity contribution in [3.63, 3.8) is 0 Å². The number of aliphatic hydroxyl groups is 2. The maximum atomic E-state index is 14.1. The van der Waals surface area contributed by atoms with E-state index in [9.17, 15) is 19.8 Å². The number of allylic oxidation sites excluding steroid dienone is 1. The van der Waals surface area contributed by atoms with Gasteiger partial charge in [0, 0.05) is 43.2 Å². The topological polar surface area (TPSA) is 136 Å². The second kappa shape index (κ2) is 20.5. The summed E-state index contributed by atoms with van der Waals surface area (Å²) in [5, 5.41) is 24.4. The van der Waals surface area contributed by atoms with E-state index in [0.29, 0.717) is 68.1 Å². The van der Waals surface area contributed by atoms with Crippen LogP contribution in [-0.2, 0) is 14.3 Å². The van der Waals surface area contributed by atoms with Gasteiger partial charge in [-0.2, -0.15) is 0 Å². The van der Waals surface area contributed by atoms with E-state index in [1.807, 2.05) is 38.1 Å². The van der Waals surface area contributed by atoms with Crippen molar-refractivity contribution >= 4 is 18.1 Å². The standard InChI is InChI=1S/C44H58N2O9/c1-5-9-25-51-43(50)46(21-6-2)40-29-38(45-53-8-4)36-27-32(16-10-12-22-47)35(18-11-13-23-48)41-37-28-34(54-33-17-14-15-31(26-33)30-49)19-20-39(37)55-44(40,42(36)41)52-24-7-3/h5,7,14-15,17,19-20,26-28,30,32,35,40-42,47-48H,1,3,6,8-13,16,18,21-25,29H2,2,4H3/t32-,35+,40-,41+,42+,44+/m0/s1. The number of amides is 1. The Morgan fingerprint density at radius 1 is 1.04 bits per heavy atom. The molecule has 11 nitrogen and oxygen atoms in total. The second-order valence-corrected chi connectivity index (χ2v) is 14.4. The van der Waals surface area contributed by atoms with Gasteiger partial charge in [-0.25, -0.2) is 4.79 Å². The first-order valence-electron chi connectivity index (χ1n) is 19.9. The molecule has 11 heteroatoms. The fourth-order valence-corrected chi connectivity index (χ4v) is 8.57. The van der Waals surface area contributed by atoms with Gasteiger partial charge in [0.2, 0.25) is 5.79 Å². The Hall–Kier alpha value is -4.45. The quantitative estimate of drug-likeness (QED) is 0.0525. The molecule has 1 amide bonds. The molecule has 2 aromatic carbocycles. The van der Waals surface area contributed by atoms with Crippen LogP contribution in [0.2, 0.25) is 0 Å². The predicted octanol–water partition coefficient (Wildman–Crippen LogP) is 8.37. The van der Waals surface area contributed by atoms with Gasteiger partial charge >= 0.3 is 6.09 Å². The van der Waals surface area contributed by atoms with Crippen molar-refractivity contribution in [1.29, 1.82) is 0 Å². The van der Waals surface area contributed by atoms with Crippen LogP contribution in [0.5, 0.6) is 17.2 Å². The first kappa shape index (κ1) is 41.7. The first-order chi connectivity index (χ1) is 26.9. The summed E-state index contributed by atoms with van der Waals surface area (Å²) in [7, 11) is 0. The molecule has 5 rings (SSSR count). The monoisotopic (exact) mass is 758 g/mol. The molecule has 2 aliphatic carbocycles. The number of aliphatic hydroxyl groups excluding tert-OH is 2. The highest BCUT2D eigenvalue weighted by Gasteiger charge is 2.65. The van der Waals surface area contributed by atoms with Crippen LogP contribution in [0.15, 0.2) is 84.6 Å². The second-order valence-electron chi connectivity index (χ2n) is 14.4. The molecule has 1 fully saturated rings. The van der Waals surface area contributed by atoms with Crippen LogP contribution >= 0.6 is 0 Å². The Kier molecular flexibility index (Phi) is 15.5. The lowest BCUT2D eigenvalue weighted by Gasteiger charge is -2.59. The molecule has 0 aromatic heterocycles. The molecule has 0 saturated heterocycles. The Morgan fingerprint density at radius 3 is 2.53 bits per heavy atom. The largest absolute Gasteiger partial charge is 0.459 e. The summed E-state index contributed by atoms with van der Waals surface area (Å²) in [6.45, 7) is 13.0. The van der Waals surface area contributed by atoms with Gasteiger partial charge in [0.25, 0.3) is 0 Å². The third-order valence-corrected chi connectivity index (χ3v) is 10.8. The summed E-state index contributed by atoms with van der Waals surface area (Å²) in [4.78, 5) is 33.2. The average molecular weight is 759 g/mol. The minimum absolute atomic E-state index is 0.0632. The predicted molar refractivity (Wildman–Crippen MR) is 212 cm³/mol. The van der Waals surface area contributed by atoms with Crippen molar-refractivity contribution in [2.45, 2.75) is 89.4 Å². The molecule has 0 spiro atoms. The average Bonchev–Trinajstić information content (AvgIpc) is 3.20. The Labute approximate surface area is 325 Å². The highest BCUT2D eigenvalue weighted by Crippen LogP contribution is 2.62. The SMILES string of the molecule is C=CCCOC(=O)N(CCC)[C@H]1CC(=NOCC)C2=C[C@H](CCCCO)[C@@H](CCCCO)[C@@H]3c4cc(Oc5cccc(C=O)c5)ccc4O[C@@]1(OCC=C)[C@H]23. The molecule has 3 aliphatic rings. The van der Waals surface area contributed by atoms with Crippen LogP contribution in [0.3, 0.4) is 0 Å². The smallest absolute Gasteiger partial charge is 0.410 e. The van der Waals surface area contributed by atoms with E-state index < -0.39 is 23.8 Å². The lowest BCUT2D eigenvalue weighted by atomic mass is 9.55. The molecule has 0 bridgehead atoms. The van der Waals surface area contributed by atoms with E-state index in [2.05, 4.69) is 19.2 Å². The van der Waals surface area contributed by atoms with Crippen LogP contribution in [0.25, 0.3) is 0 Å². The van der Waals surface area contributed by atoms with Crippen LogP contribution in [0, 0.1) is 17.8 Å². The van der Waals surface area contributed by atoms with E-state index in [0.717, 1.165) is 48.8 Å². The first-order valence-corrected chi connectivity index (χ1v) is 19.9. The third-order valence-electron chi connectivity index (χ3n) is 10.8. The molecule has 0 radical (unpaired) electrons. The molecule has 1 aliphatic heterocycles. The molecule has 1 heterocycles. The zero-order valence-electron chi connectivity index (χ0n) is 32.4. The summed E-state index contributed by atoms with van der Waals surface area (Å²) >= 11 is 0. The van der Waals surface area contributed by atoms with Gasteiger partial charge in [-0.3, -0.25) is 9.69 Å². The third kappa shape index (κ3) is 9.51. The molecular formula is C44H58N2O9. The number of hydrogen-bond donors (Lipinski definition) is 2. The number of nitrogens with zero attached hydrogens (tertiary/aromatic N) is 2. The Morgan fingerprint density at radius 2 is 1.82 bits per heavy atom. The van der Waals surface area contributed by atoms with Gasteiger partial charge in [-0.1, -0.05) is 55.3 Å². The molecule has 0 unspecified atom stereocenters. The number of fused-ring (bicyclic) bond motifs is 2. The van der Waals surface area contributed by atoms with Crippen molar-refractivity contribution in [2.24, 2.45) is 22.9 Å². The van der Waals surface area contributed by atoms with Crippen molar-refractivity contribution < 1.29 is 43.6 Å². The van der Waals surface area contributed by atoms with E-state index >= 15 is 0 Å². The maximum Gasteiger partial charge on any atom is 0.410 e. The fourth-order valence-electron chi connectivity index (χ4n) is 8.57. The summed E-state index contributed by atoms with van der Waals surface area (Å²) in [6, 6.07) is 12.1. The summed E-state index contributed by atoms with van der Waals surface area (Å²) in [5.74, 6) is -0.127. The van der Waals surface area contributed by atoms with Crippen LogP contribution in [-0.4, -0.2) is 84.6 Å². The number of hydrogen-bond acceptors (Lipinski definition) is 10. The van der Waals surface area contributed by atoms with Crippen molar-refractivity contribution in [1.82, 2.24) is 4.90 Å². The fraction of sp³-hybridized carbons (Fsp3) is 0.523. The number of unbranched alkanes of at least 4 members (excludes halogenated alkanes) is 2. The highest BCUT2D eigenvalue weighted by molar-refractivity contribution is 6.03. The van der Waals surface area contributed by atoms with E-state index in [1.165, 1.54) is 0 Å². The van der Waals surface area contributed by atoms with Gasteiger partial charge in [0.1, 0.15) is 36.2 Å². The van der Waals surface area contributed by atoms with Crippen LogP contribution < -0.4 is 9.47 Å². The number of carbonyl (C=O) groups excluding carboxylic acids is 2.